The molecule has 3 heteroatoms. The van der Waals surface area contributed by atoms with E-state index >= 15 is 0 Å². The van der Waals surface area contributed by atoms with E-state index in [-0.39, 0.29) is 6.04 Å². The van der Waals surface area contributed by atoms with Crippen LogP contribution in [0.1, 0.15) is 38.1 Å². The number of ether oxygens (including phenoxy) is 1. The summed E-state index contributed by atoms with van der Waals surface area (Å²) in [6, 6.07) is 12.4. The summed E-state index contributed by atoms with van der Waals surface area (Å²) in [7, 11) is 0. The van der Waals surface area contributed by atoms with E-state index in [2.05, 4.69) is 38.2 Å². The average molecular weight is 273 g/mol. The standard InChI is InChI=1S/C17H23NO2/c1-13(2)12-20-16-8-6-15(7-9-16)14(3)18-11-17-5-4-10-19-17/h4-10,13-14,18H,11-12H2,1-3H3. The first-order valence-electron chi connectivity index (χ1n) is 7.13. The predicted molar refractivity (Wildman–Crippen MR) is 80.7 cm³/mol. The van der Waals surface area contributed by atoms with E-state index in [0.717, 1.165) is 24.7 Å². The molecule has 1 atom stereocenters. The maximum absolute atomic E-state index is 5.69. The molecular weight excluding hydrogens is 250 g/mol. The smallest absolute Gasteiger partial charge is 0.119 e. The molecule has 108 valence electrons. The van der Waals surface area contributed by atoms with Crippen molar-refractivity contribution in [2.45, 2.75) is 33.4 Å². The van der Waals surface area contributed by atoms with Gasteiger partial charge in [-0.25, -0.2) is 0 Å². The van der Waals surface area contributed by atoms with Gasteiger partial charge in [0.1, 0.15) is 11.5 Å². The zero-order chi connectivity index (χ0) is 14.4. The summed E-state index contributed by atoms with van der Waals surface area (Å²) in [4.78, 5) is 0. The highest BCUT2D eigenvalue weighted by molar-refractivity contribution is 5.29. The molecule has 0 saturated carbocycles. The van der Waals surface area contributed by atoms with Crippen LogP contribution in [0.5, 0.6) is 5.75 Å². The number of hydrogen-bond donors (Lipinski definition) is 1. The minimum absolute atomic E-state index is 0.277. The third-order valence-electron chi connectivity index (χ3n) is 3.13. The average Bonchev–Trinajstić information content (AvgIpc) is 2.96. The van der Waals surface area contributed by atoms with Crippen molar-refractivity contribution in [3.63, 3.8) is 0 Å². The van der Waals surface area contributed by atoms with Gasteiger partial charge in [0.05, 0.1) is 19.4 Å². The second-order valence-electron chi connectivity index (χ2n) is 5.46. The Labute approximate surface area is 121 Å². The molecule has 2 aromatic rings. The van der Waals surface area contributed by atoms with Crippen LogP contribution in [0.3, 0.4) is 0 Å². The van der Waals surface area contributed by atoms with E-state index < -0.39 is 0 Å². The fraction of sp³-hybridized carbons (Fsp3) is 0.412. The molecule has 20 heavy (non-hydrogen) atoms. The van der Waals surface area contributed by atoms with Crippen LogP contribution in [0.4, 0.5) is 0 Å². The van der Waals surface area contributed by atoms with Gasteiger partial charge in [-0.15, -0.1) is 0 Å². The summed E-state index contributed by atoms with van der Waals surface area (Å²) in [5.74, 6) is 2.43. The molecule has 0 spiro atoms. The van der Waals surface area contributed by atoms with Gasteiger partial charge in [-0.1, -0.05) is 26.0 Å². The first-order chi connectivity index (χ1) is 9.65. The SMILES string of the molecule is CC(C)COc1ccc(C(C)NCc2ccco2)cc1. The van der Waals surface area contributed by atoms with Crippen LogP contribution in [0.25, 0.3) is 0 Å². The monoisotopic (exact) mass is 273 g/mol. The van der Waals surface area contributed by atoms with Crippen LogP contribution in [-0.2, 0) is 6.54 Å². The predicted octanol–water partition coefficient (Wildman–Crippen LogP) is 4.17. The molecule has 1 unspecified atom stereocenters. The van der Waals surface area contributed by atoms with Crippen molar-refractivity contribution in [3.8, 4) is 5.75 Å². The highest BCUT2D eigenvalue weighted by Crippen LogP contribution is 2.18. The molecular formula is C17H23NO2. The number of rotatable bonds is 7. The van der Waals surface area contributed by atoms with Crippen LogP contribution in [0.15, 0.2) is 47.1 Å². The second-order valence-corrected chi connectivity index (χ2v) is 5.46. The molecule has 3 nitrogen and oxygen atoms in total. The Balaban J connectivity index is 1.85. The van der Waals surface area contributed by atoms with Crippen molar-refractivity contribution >= 4 is 0 Å². The highest BCUT2D eigenvalue weighted by atomic mass is 16.5. The third kappa shape index (κ3) is 4.42. The molecule has 0 radical (unpaired) electrons. The summed E-state index contributed by atoms with van der Waals surface area (Å²) in [5, 5.41) is 3.44. The number of hydrogen-bond acceptors (Lipinski definition) is 3. The second kappa shape index (κ2) is 7.15. The van der Waals surface area contributed by atoms with Crippen LogP contribution >= 0.6 is 0 Å². The van der Waals surface area contributed by atoms with Crippen LogP contribution < -0.4 is 10.1 Å². The molecule has 0 fully saturated rings. The molecule has 0 aliphatic rings. The van der Waals surface area contributed by atoms with Crippen molar-refractivity contribution in [2.75, 3.05) is 6.61 Å². The van der Waals surface area contributed by atoms with Gasteiger partial charge in [0.25, 0.3) is 0 Å². The summed E-state index contributed by atoms with van der Waals surface area (Å²) in [6.07, 6.45) is 1.70. The molecule has 1 heterocycles. The Hall–Kier alpha value is -1.74. The van der Waals surface area contributed by atoms with Crippen molar-refractivity contribution in [3.05, 3.63) is 54.0 Å². The zero-order valence-corrected chi connectivity index (χ0v) is 12.4. The molecule has 0 aliphatic carbocycles. The van der Waals surface area contributed by atoms with Gasteiger partial charge in [0.2, 0.25) is 0 Å². The van der Waals surface area contributed by atoms with E-state index in [1.54, 1.807) is 6.26 Å². The summed E-state index contributed by atoms with van der Waals surface area (Å²) in [5.41, 5.74) is 1.24. The summed E-state index contributed by atoms with van der Waals surface area (Å²) in [6.45, 7) is 7.93. The van der Waals surface area contributed by atoms with Crippen molar-refractivity contribution in [2.24, 2.45) is 5.92 Å². The minimum atomic E-state index is 0.277. The lowest BCUT2D eigenvalue weighted by molar-refractivity contribution is 0.271. The van der Waals surface area contributed by atoms with Gasteiger partial charge in [-0.2, -0.15) is 0 Å². The number of benzene rings is 1. The van der Waals surface area contributed by atoms with Crippen molar-refractivity contribution in [1.29, 1.82) is 0 Å². The molecule has 0 amide bonds. The largest absolute Gasteiger partial charge is 0.493 e. The molecule has 1 aromatic heterocycles. The quantitative estimate of drug-likeness (QED) is 0.822. The fourth-order valence-electron chi connectivity index (χ4n) is 1.90. The van der Waals surface area contributed by atoms with E-state index in [0.29, 0.717) is 5.92 Å². The van der Waals surface area contributed by atoms with E-state index in [1.807, 2.05) is 24.3 Å². The zero-order valence-electron chi connectivity index (χ0n) is 12.4. The van der Waals surface area contributed by atoms with E-state index in [4.69, 9.17) is 9.15 Å². The summed E-state index contributed by atoms with van der Waals surface area (Å²) >= 11 is 0. The number of furan rings is 1. The molecule has 1 aromatic carbocycles. The van der Waals surface area contributed by atoms with Gasteiger partial charge >= 0.3 is 0 Å². The van der Waals surface area contributed by atoms with Crippen LogP contribution in [-0.4, -0.2) is 6.61 Å². The van der Waals surface area contributed by atoms with Gasteiger partial charge in [-0.3, -0.25) is 0 Å². The maximum atomic E-state index is 5.69. The molecule has 0 aliphatic heterocycles. The third-order valence-corrected chi connectivity index (χ3v) is 3.13. The normalized spacial score (nSPS) is 12.6. The molecule has 2 rings (SSSR count). The van der Waals surface area contributed by atoms with Crippen molar-refractivity contribution in [1.82, 2.24) is 5.32 Å². The number of nitrogens with one attached hydrogen (secondary N) is 1. The lowest BCUT2D eigenvalue weighted by atomic mass is 10.1. The maximum Gasteiger partial charge on any atom is 0.119 e. The molecule has 1 N–H and O–H groups in total. The first kappa shape index (κ1) is 14.7. The molecule has 0 bridgehead atoms. The van der Waals surface area contributed by atoms with Crippen molar-refractivity contribution < 1.29 is 9.15 Å². The summed E-state index contributed by atoms with van der Waals surface area (Å²) < 4.78 is 11.0. The lowest BCUT2D eigenvalue weighted by Gasteiger charge is -2.14. The lowest BCUT2D eigenvalue weighted by Crippen LogP contribution is -2.17. The van der Waals surface area contributed by atoms with E-state index in [1.165, 1.54) is 5.56 Å². The van der Waals surface area contributed by atoms with Gasteiger partial charge < -0.3 is 14.5 Å². The fourth-order valence-corrected chi connectivity index (χ4v) is 1.90. The highest BCUT2D eigenvalue weighted by Gasteiger charge is 2.06. The van der Waals surface area contributed by atoms with Gasteiger partial charge in [-0.05, 0) is 42.7 Å². The Morgan fingerprint density at radius 2 is 1.85 bits per heavy atom. The van der Waals surface area contributed by atoms with Gasteiger partial charge in [0.15, 0.2) is 0 Å². The van der Waals surface area contributed by atoms with Crippen LogP contribution in [0, 0.1) is 5.92 Å². The Kier molecular flexibility index (Phi) is 5.24. The molecule has 0 saturated heterocycles. The van der Waals surface area contributed by atoms with E-state index in [9.17, 15) is 0 Å². The first-order valence-corrected chi connectivity index (χ1v) is 7.13. The Morgan fingerprint density at radius 1 is 1.10 bits per heavy atom. The topological polar surface area (TPSA) is 34.4 Å². The van der Waals surface area contributed by atoms with Crippen LogP contribution in [0.2, 0.25) is 0 Å². The Morgan fingerprint density at radius 3 is 2.45 bits per heavy atom. The minimum Gasteiger partial charge on any atom is -0.493 e. The Bertz CT molecular complexity index is 488. The van der Waals surface area contributed by atoms with Gasteiger partial charge in [0, 0.05) is 6.04 Å².